The van der Waals surface area contributed by atoms with Crippen LogP contribution in [0.2, 0.25) is 5.02 Å². The van der Waals surface area contributed by atoms with E-state index in [1.165, 1.54) is 4.90 Å². The third-order valence-corrected chi connectivity index (χ3v) is 5.67. The van der Waals surface area contributed by atoms with Crippen molar-refractivity contribution in [2.75, 3.05) is 25.5 Å². The molecule has 0 bridgehead atoms. The molecule has 6 nitrogen and oxygen atoms in total. The predicted octanol–water partition coefficient (Wildman–Crippen LogP) is 3.74. The zero-order chi connectivity index (χ0) is 21.7. The molecular formula is C22H24ClN3O3S. The van der Waals surface area contributed by atoms with Crippen molar-refractivity contribution in [3.8, 4) is 5.75 Å². The van der Waals surface area contributed by atoms with Crippen LogP contribution in [-0.2, 0) is 16.0 Å². The van der Waals surface area contributed by atoms with Crippen molar-refractivity contribution in [2.24, 2.45) is 0 Å². The molecular weight excluding hydrogens is 422 g/mol. The van der Waals surface area contributed by atoms with Gasteiger partial charge in [-0.1, -0.05) is 23.7 Å². The molecule has 2 aromatic rings. The SMILES string of the molecule is CCOc1ccc(NC(=O)CC2C(=O)N(C)C(=S)N2CCc2ccc(Cl)cc2)cc1. The van der Waals surface area contributed by atoms with Crippen molar-refractivity contribution < 1.29 is 14.3 Å². The Morgan fingerprint density at radius 1 is 1.17 bits per heavy atom. The van der Waals surface area contributed by atoms with Crippen LogP contribution in [0.4, 0.5) is 5.69 Å². The summed E-state index contributed by atoms with van der Waals surface area (Å²) in [5.41, 5.74) is 1.74. The Hall–Kier alpha value is -2.64. The number of halogens is 1. The normalized spacial score (nSPS) is 16.2. The molecule has 1 fully saturated rings. The zero-order valence-corrected chi connectivity index (χ0v) is 18.5. The molecule has 1 saturated heterocycles. The van der Waals surface area contributed by atoms with Crippen LogP contribution in [0.5, 0.6) is 5.75 Å². The van der Waals surface area contributed by atoms with Crippen molar-refractivity contribution in [3.63, 3.8) is 0 Å². The average molecular weight is 446 g/mol. The maximum absolute atomic E-state index is 12.7. The Balaban J connectivity index is 1.63. The molecule has 1 atom stereocenters. The lowest BCUT2D eigenvalue weighted by Gasteiger charge is -2.23. The molecule has 0 spiro atoms. The van der Waals surface area contributed by atoms with Gasteiger partial charge in [0.2, 0.25) is 5.91 Å². The summed E-state index contributed by atoms with van der Waals surface area (Å²) in [7, 11) is 1.64. The Bertz CT molecular complexity index is 918. The molecule has 8 heteroatoms. The molecule has 158 valence electrons. The highest BCUT2D eigenvalue weighted by molar-refractivity contribution is 7.80. The average Bonchev–Trinajstić information content (AvgIpc) is 2.93. The van der Waals surface area contributed by atoms with E-state index in [1.807, 2.05) is 36.1 Å². The van der Waals surface area contributed by atoms with Gasteiger partial charge in [0.15, 0.2) is 5.11 Å². The van der Waals surface area contributed by atoms with E-state index in [9.17, 15) is 9.59 Å². The maximum atomic E-state index is 12.7. The second-order valence-corrected chi connectivity index (χ2v) is 7.78. The molecule has 0 aromatic heterocycles. The Kier molecular flexibility index (Phi) is 7.29. The largest absolute Gasteiger partial charge is 0.494 e. The van der Waals surface area contributed by atoms with Crippen LogP contribution in [-0.4, -0.2) is 53.0 Å². The Morgan fingerprint density at radius 2 is 1.83 bits per heavy atom. The summed E-state index contributed by atoms with van der Waals surface area (Å²) in [6.45, 7) is 3.03. The van der Waals surface area contributed by atoms with E-state index in [0.29, 0.717) is 35.4 Å². The van der Waals surface area contributed by atoms with Crippen molar-refractivity contribution in [2.45, 2.75) is 25.8 Å². The number of ether oxygens (including phenoxy) is 1. The fraction of sp³-hybridized carbons (Fsp3) is 0.318. The number of carbonyl (C=O) groups excluding carboxylic acids is 2. The van der Waals surface area contributed by atoms with E-state index in [2.05, 4.69) is 5.32 Å². The smallest absolute Gasteiger partial charge is 0.251 e. The lowest BCUT2D eigenvalue weighted by molar-refractivity contribution is -0.130. The third-order valence-electron chi connectivity index (χ3n) is 4.91. The van der Waals surface area contributed by atoms with Gasteiger partial charge in [0.25, 0.3) is 5.91 Å². The minimum atomic E-state index is -0.613. The van der Waals surface area contributed by atoms with E-state index in [1.54, 1.807) is 31.3 Å². The van der Waals surface area contributed by atoms with Gasteiger partial charge in [-0.2, -0.15) is 0 Å². The van der Waals surface area contributed by atoms with Crippen molar-refractivity contribution in [3.05, 3.63) is 59.1 Å². The molecule has 2 aromatic carbocycles. The number of likely N-dealkylation sites (N-methyl/N-ethyl adjacent to an activating group) is 1. The minimum Gasteiger partial charge on any atom is -0.494 e. The number of nitrogens with one attached hydrogen (secondary N) is 1. The number of carbonyl (C=O) groups is 2. The molecule has 0 saturated carbocycles. The molecule has 0 radical (unpaired) electrons. The van der Waals surface area contributed by atoms with Gasteiger partial charge in [0.05, 0.1) is 13.0 Å². The summed E-state index contributed by atoms with van der Waals surface area (Å²) in [5.74, 6) is 0.326. The first-order valence-electron chi connectivity index (χ1n) is 9.74. The lowest BCUT2D eigenvalue weighted by atomic mass is 10.1. The van der Waals surface area contributed by atoms with Crippen LogP contribution in [0, 0.1) is 0 Å². The highest BCUT2D eigenvalue weighted by Crippen LogP contribution is 2.22. The summed E-state index contributed by atoms with van der Waals surface area (Å²) in [6.07, 6.45) is 0.715. The second kappa shape index (κ2) is 9.91. The summed E-state index contributed by atoms with van der Waals surface area (Å²) >= 11 is 11.4. The number of benzene rings is 2. The molecule has 3 rings (SSSR count). The number of nitrogens with zero attached hydrogens (tertiary/aromatic N) is 2. The quantitative estimate of drug-likeness (QED) is 0.627. The number of rotatable bonds is 8. The van der Waals surface area contributed by atoms with Gasteiger partial charge in [-0.3, -0.25) is 14.5 Å². The summed E-state index contributed by atoms with van der Waals surface area (Å²) in [4.78, 5) is 28.5. The maximum Gasteiger partial charge on any atom is 0.251 e. The second-order valence-electron chi connectivity index (χ2n) is 6.98. The number of thiocarbonyl (C=S) groups is 1. The van der Waals surface area contributed by atoms with Crippen molar-refractivity contribution in [1.29, 1.82) is 0 Å². The fourth-order valence-electron chi connectivity index (χ4n) is 3.32. The topological polar surface area (TPSA) is 61.9 Å². The van der Waals surface area contributed by atoms with E-state index in [4.69, 9.17) is 28.6 Å². The molecule has 1 heterocycles. The van der Waals surface area contributed by atoms with Crippen LogP contribution in [0.1, 0.15) is 18.9 Å². The molecule has 1 N–H and O–H groups in total. The van der Waals surface area contributed by atoms with Crippen LogP contribution >= 0.6 is 23.8 Å². The van der Waals surface area contributed by atoms with Crippen LogP contribution in [0.25, 0.3) is 0 Å². The van der Waals surface area contributed by atoms with Crippen LogP contribution in [0.15, 0.2) is 48.5 Å². The van der Waals surface area contributed by atoms with Gasteiger partial charge in [-0.15, -0.1) is 0 Å². The molecule has 30 heavy (non-hydrogen) atoms. The highest BCUT2D eigenvalue weighted by atomic mass is 35.5. The fourth-order valence-corrected chi connectivity index (χ4v) is 3.75. The monoisotopic (exact) mass is 445 g/mol. The summed E-state index contributed by atoms with van der Waals surface area (Å²) < 4.78 is 5.40. The van der Waals surface area contributed by atoms with E-state index in [0.717, 1.165) is 11.3 Å². The Morgan fingerprint density at radius 3 is 2.47 bits per heavy atom. The molecule has 1 unspecified atom stereocenters. The summed E-state index contributed by atoms with van der Waals surface area (Å²) in [6, 6.07) is 14.1. The van der Waals surface area contributed by atoms with Crippen LogP contribution in [0.3, 0.4) is 0 Å². The van der Waals surface area contributed by atoms with Gasteiger partial charge in [-0.25, -0.2) is 0 Å². The summed E-state index contributed by atoms with van der Waals surface area (Å²) in [5, 5.41) is 3.95. The number of amides is 2. The van der Waals surface area contributed by atoms with Gasteiger partial charge in [0.1, 0.15) is 11.8 Å². The lowest BCUT2D eigenvalue weighted by Crippen LogP contribution is -2.39. The van der Waals surface area contributed by atoms with E-state index in [-0.39, 0.29) is 18.2 Å². The molecule has 2 amide bonds. The molecule has 1 aliphatic rings. The van der Waals surface area contributed by atoms with Gasteiger partial charge in [-0.05, 0) is 67.5 Å². The minimum absolute atomic E-state index is 0.0249. The predicted molar refractivity (Wildman–Crippen MR) is 122 cm³/mol. The first-order valence-corrected chi connectivity index (χ1v) is 10.5. The first-order chi connectivity index (χ1) is 14.4. The highest BCUT2D eigenvalue weighted by Gasteiger charge is 2.41. The standard InChI is InChI=1S/C22H24ClN3O3S/c1-3-29-18-10-8-17(9-11-18)24-20(27)14-19-21(28)25(2)22(30)26(19)13-12-15-4-6-16(23)7-5-15/h4-11,19H,3,12-14H2,1-2H3,(H,24,27). The van der Waals surface area contributed by atoms with Crippen molar-refractivity contribution >= 4 is 46.4 Å². The van der Waals surface area contributed by atoms with E-state index >= 15 is 0 Å². The van der Waals surface area contributed by atoms with Crippen molar-refractivity contribution in [1.82, 2.24) is 9.80 Å². The van der Waals surface area contributed by atoms with Gasteiger partial charge < -0.3 is 15.0 Å². The molecule has 0 aliphatic carbocycles. The first kappa shape index (κ1) is 22.1. The van der Waals surface area contributed by atoms with Gasteiger partial charge >= 0.3 is 0 Å². The number of hydrogen-bond donors (Lipinski definition) is 1. The van der Waals surface area contributed by atoms with Crippen LogP contribution < -0.4 is 10.1 Å². The zero-order valence-electron chi connectivity index (χ0n) is 16.9. The number of anilines is 1. The van der Waals surface area contributed by atoms with E-state index < -0.39 is 6.04 Å². The molecule has 1 aliphatic heterocycles. The Labute approximate surface area is 186 Å². The van der Waals surface area contributed by atoms with Gasteiger partial charge in [0, 0.05) is 24.3 Å². The third kappa shape index (κ3) is 5.29. The number of hydrogen-bond acceptors (Lipinski definition) is 4.